The van der Waals surface area contributed by atoms with Crippen LogP contribution in [-0.2, 0) is 0 Å². The van der Waals surface area contributed by atoms with Crippen LogP contribution in [0.5, 0.6) is 0 Å². The highest BCUT2D eigenvalue weighted by Crippen LogP contribution is 2.28. The van der Waals surface area contributed by atoms with Crippen molar-refractivity contribution in [2.45, 2.75) is 32.6 Å². The molecule has 2 heteroatoms. The highest BCUT2D eigenvalue weighted by Gasteiger charge is 2.20. The number of nitrogens with one attached hydrogen (secondary N) is 1. The molecule has 2 nitrogen and oxygen atoms in total. The number of nitrogens with zero attached hydrogens (tertiary/aromatic N) is 1. The fourth-order valence-electron chi connectivity index (χ4n) is 1.44. The van der Waals surface area contributed by atoms with Gasteiger partial charge in [-0.2, -0.15) is 0 Å². The molecule has 1 fully saturated rings. The van der Waals surface area contributed by atoms with Crippen LogP contribution in [-0.4, -0.2) is 11.5 Å². The summed E-state index contributed by atoms with van der Waals surface area (Å²) in [6.45, 7) is 5.44. The second-order valence-corrected chi connectivity index (χ2v) is 4.43. The van der Waals surface area contributed by atoms with E-state index in [1.807, 2.05) is 6.07 Å². The van der Waals surface area contributed by atoms with E-state index >= 15 is 0 Å². The van der Waals surface area contributed by atoms with Gasteiger partial charge in [-0.1, -0.05) is 19.9 Å². The Morgan fingerprint density at radius 2 is 2.21 bits per heavy atom. The van der Waals surface area contributed by atoms with Crippen molar-refractivity contribution in [2.75, 3.05) is 11.9 Å². The zero-order chi connectivity index (χ0) is 9.97. The summed E-state index contributed by atoms with van der Waals surface area (Å²) in [5.41, 5.74) is 1.17. The van der Waals surface area contributed by atoms with Crippen LogP contribution in [0.15, 0.2) is 18.2 Å². The van der Waals surface area contributed by atoms with Gasteiger partial charge >= 0.3 is 0 Å². The van der Waals surface area contributed by atoms with Gasteiger partial charge in [-0.15, -0.1) is 0 Å². The summed E-state index contributed by atoms with van der Waals surface area (Å²) in [6, 6.07) is 6.22. The summed E-state index contributed by atoms with van der Waals surface area (Å²) in [6.07, 6.45) is 2.77. The average molecular weight is 190 g/mol. The molecule has 0 unspecified atom stereocenters. The molecule has 0 spiro atoms. The molecule has 2 rings (SSSR count). The van der Waals surface area contributed by atoms with Crippen molar-refractivity contribution in [1.29, 1.82) is 0 Å². The van der Waals surface area contributed by atoms with E-state index in [0.717, 1.165) is 18.3 Å². The minimum atomic E-state index is 0.512. The van der Waals surface area contributed by atoms with E-state index in [1.54, 1.807) is 0 Å². The lowest BCUT2D eigenvalue weighted by Gasteiger charge is -2.08. The van der Waals surface area contributed by atoms with Gasteiger partial charge in [0.15, 0.2) is 0 Å². The molecule has 0 atom stereocenters. The van der Waals surface area contributed by atoms with Crippen molar-refractivity contribution < 1.29 is 0 Å². The molecule has 1 saturated carbocycles. The minimum Gasteiger partial charge on any atom is -0.370 e. The van der Waals surface area contributed by atoms with Gasteiger partial charge in [0.05, 0.1) is 0 Å². The van der Waals surface area contributed by atoms with Gasteiger partial charge in [0.25, 0.3) is 0 Å². The predicted molar refractivity (Wildman–Crippen MR) is 59.5 cm³/mol. The lowest BCUT2D eigenvalue weighted by atomic mass is 10.1. The Kier molecular flexibility index (Phi) is 2.71. The van der Waals surface area contributed by atoms with Gasteiger partial charge in [0.2, 0.25) is 0 Å². The molecule has 0 bridgehead atoms. The number of hydrogen-bond donors (Lipinski definition) is 1. The number of rotatable bonds is 4. The monoisotopic (exact) mass is 190 g/mol. The first-order chi connectivity index (χ1) is 6.75. The molecule has 0 radical (unpaired) electrons. The van der Waals surface area contributed by atoms with Crippen LogP contribution in [0.2, 0.25) is 0 Å². The maximum Gasteiger partial charge on any atom is 0.126 e. The van der Waals surface area contributed by atoms with E-state index < -0.39 is 0 Å². The number of aromatic nitrogens is 1. The topological polar surface area (TPSA) is 24.9 Å². The van der Waals surface area contributed by atoms with Gasteiger partial charge < -0.3 is 5.32 Å². The molecule has 1 aliphatic carbocycles. The summed E-state index contributed by atoms with van der Waals surface area (Å²) >= 11 is 0. The summed E-state index contributed by atoms with van der Waals surface area (Å²) in [7, 11) is 0. The molecular weight excluding hydrogens is 172 g/mol. The van der Waals surface area contributed by atoms with Crippen LogP contribution >= 0.6 is 0 Å². The number of hydrogen-bond acceptors (Lipinski definition) is 2. The molecule has 1 aromatic heterocycles. The fourth-order valence-corrected chi connectivity index (χ4v) is 1.44. The Balaban J connectivity index is 1.97. The van der Waals surface area contributed by atoms with Gasteiger partial charge in [-0.3, -0.25) is 0 Å². The lowest BCUT2D eigenvalue weighted by molar-refractivity contribution is 0.817. The first-order valence-electron chi connectivity index (χ1n) is 5.46. The smallest absolute Gasteiger partial charge is 0.126 e. The first-order valence-corrected chi connectivity index (χ1v) is 5.46. The highest BCUT2D eigenvalue weighted by molar-refractivity contribution is 5.36. The standard InChI is InChI=1S/C12H18N2/c1-9(2)11-4-3-5-12(14-11)13-8-10-6-7-10/h3-5,9-10H,6-8H2,1-2H3,(H,13,14). The Morgan fingerprint density at radius 1 is 1.43 bits per heavy atom. The van der Waals surface area contributed by atoms with Crippen molar-refractivity contribution in [3.63, 3.8) is 0 Å². The Labute approximate surface area is 85.7 Å². The fraction of sp³-hybridized carbons (Fsp3) is 0.583. The minimum absolute atomic E-state index is 0.512. The van der Waals surface area contributed by atoms with Crippen molar-refractivity contribution >= 4 is 5.82 Å². The second kappa shape index (κ2) is 3.99. The van der Waals surface area contributed by atoms with Gasteiger partial charge in [0, 0.05) is 12.2 Å². The molecule has 1 N–H and O–H groups in total. The first kappa shape index (κ1) is 9.50. The highest BCUT2D eigenvalue weighted by atomic mass is 15.0. The van der Waals surface area contributed by atoms with Crippen molar-refractivity contribution in [2.24, 2.45) is 5.92 Å². The molecule has 76 valence electrons. The van der Waals surface area contributed by atoms with E-state index in [-0.39, 0.29) is 0 Å². The maximum absolute atomic E-state index is 4.56. The van der Waals surface area contributed by atoms with Gasteiger partial charge in [-0.05, 0) is 36.8 Å². The van der Waals surface area contributed by atoms with Crippen molar-refractivity contribution in [1.82, 2.24) is 4.98 Å². The summed E-state index contributed by atoms with van der Waals surface area (Å²) < 4.78 is 0. The molecule has 0 saturated heterocycles. The Hall–Kier alpha value is -1.05. The van der Waals surface area contributed by atoms with E-state index in [1.165, 1.54) is 18.5 Å². The van der Waals surface area contributed by atoms with Crippen LogP contribution in [0, 0.1) is 5.92 Å². The van der Waals surface area contributed by atoms with Gasteiger partial charge in [-0.25, -0.2) is 4.98 Å². The molecule has 14 heavy (non-hydrogen) atoms. The third-order valence-corrected chi connectivity index (χ3v) is 2.63. The molecule has 0 amide bonds. The summed E-state index contributed by atoms with van der Waals surface area (Å²) in [4.78, 5) is 4.56. The van der Waals surface area contributed by atoms with Crippen LogP contribution in [0.3, 0.4) is 0 Å². The summed E-state index contributed by atoms with van der Waals surface area (Å²) in [5, 5.41) is 3.39. The predicted octanol–water partition coefficient (Wildman–Crippen LogP) is 3.03. The van der Waals surface area contributed by atoms with E-state index in [0.29, 0.717) is 5.92 Å². The SMILES string of the molecule is CC(C)c1cccc(NCC2CC2)n1. The average Bonchev–Trinajstić information content (AvgIpc) is 2.99. The molecular formula is C12H18N2. The summed E-state index contributed by atoms with van der Waals surface area (Å²) in [5.74, 6) is 2.44. The van der Waals surface area contributed by atoms with Crippen molar-refractivity contribution in [3.8, 4) is 0 Å². The van der Waals surface area contributed by atoms with E-state index in [9.17, 15) is 0 Å². The van der Waals surface area contributed by atoms with Crippen LogP contribution in [0.4, 0.5) is 5.82 Å². The third-order valence-electron chi connectivity index (χ3n) is 2.63. The largest absolute Gasteiger partial charge is 0.370 e. The zero-order valence-corrected chi connectivity index (χ0v) is 8.96. The quantitative estimate of drug-likeness (QED) is 0.789. The van der Waals surface area contributed by atoms with E-state index in [4.69, 9.17) is 0 Å². The van der Waals surface area contributed by atoms with Crippen LogP contribution in [0.1, 0.15) is 38.3 Å². The van der Waals surface area contributed by atoms with E-state index in [2.05, 4.69) is 36.3 Å². The molecule has 1 heterocycles. The van der Waals surface area contributed by atoms with Crippen LogP contribution in [0.25, 0.3) is 0 Å². The molecule has 0 aromatic carbocycles. The Bertz CT molecular complexity index is 303. The third kappa shape index (κ3) is 2.47. The second-order valence-electron chi connectivity index (χ2n) is 4.43. The molecule has 1 aromatic rings. The number of pyridine rings is 1. The molecule has 1 aliphatic rings. The maximum atomic E-state index is 4.56. The zero-order valence-electron chi connectivity index (χ0n) is 8.96. The Morgan fingerprint density at radius 3 is 2.86 bits per heavy atom. The lowest BCUT2D eigenvalue weighted by Crippen LogP contribution is -2.06. The molecule has 0 aliphatic heterocycles. The van der Waals surface area contributed by atoms with Crippen molar-refractivity contribution in [3.05, 3.63) is 23.9 Å². The van der Waals surface area contributed by atoms with Crippen LogP contribution < -0.4 is 5.32 Å². The van der Waals surface area contributed by atoms with Gasteiger partial charge in [0.1, 0.15) is 5.82 Å². The normalized spacial score (nSPS) is 15.9. The number of anilines is 1.